The molecule has 0 saturated heterocycles. The number of hydrogen-bond acceptors (Lipinski definition) is 4. The number of hydrogen-bond donors (Lipinski definition) is 2. The summed E-state index contributed by atoms with van der Waals surface area (Å²) in [6.07, 6.45) is 4.36. The predicted octanol–water partition coefficient (Wildman–Crippen LogP) is 1.53. The summed E-state index contributed by atoms with van der Waals surface area (Å²) in [6.45, 7) is 5.21. The van der Waals surface area contributed by atoms with Gasteiger partial charge in [0.2, 0.25) is 0 Å². The molecule has 0 aromatic carbocycles. The van der Waals surface area contributed by atoms with Gasteiger partial charge >= 0.3 is 0 Å². The van der Waals surface area contributed by atoms with Gasteiger partial charge in [-0.05, 0) is 26.0 Å². The molecule has 0 spiro atoms. The molecule has 2 aromatic rings. The number of aryl methyl sites for hydroxylation is 2. The smallest absolute Gasteiger partial charge is 0.251 e. The summed E-state index contributed by atoms with van der Waals surface area (Å²) < 4.78 is 1.95. The van der Waals surface area contributed by atoms with Gasteiger partial charge in [-0.3, -0.25) is 4.79 Å². The van der Waals surface area contributed by atoms with Gasteiger partial charge in [0.25, 0.3) is 5.91 Å². The van der Waals surface area contributed by atoms with E-state index in [4.69, 9.17) is 0 Å². The largest absolute Gasteiger partial charge is 0.370 e. The highest BCUT2D eigenvalue weighted by Gasteiger charge is 2.08. The van der Waals surface area contributed by atoms with Crippen LogP contribution >= 0.6 is 0 Å². The summed E-state index contributed by atoms with van der Waals surface area (Å²) >= 11 is 0. The van der Waals surface area contributed by atoms with Crippen LogP contribution in [0.2, 0.25) is 0 Å². The van der Waals surface area contributed by atoms with Crippen molar-refractivity contribution < 1.29 is 4.79 Å². The van der Waals surface area contributed by atoms with E-state index < -0.39 is 0 Å². The van der Waals surface area contributed by atoms with Crippen LogP contribution in [0.3, 0.4) is 0 Å². The number of imidazole rings is 1. The average molecular weight is 287 g/mol. The Hall–Kier alpha value is -2.37. The molecule has 2 rings (SSSR count). The maximum absolute atomic E-state index is 12.2. The maximum Gasteiger partial charge on any atom is 0.251 e. The third-order valence-corrected chi connectivity index (χ3v) is 3.13. The van der Waals surface area contributed by atoms with E-state index in [0.29, 0.717) is 18.5 Å². The number of nitrogens with zero attached hydrogens (tertiary/aromatic N) is 3. The van der Waals surface area contributed by atoms with Gasteiger partial charge in [0.15, 0.2) is 0 Å². The van der Waals surface area contributed by atoms with Crippen LogP contribution in [0.15, 0.2) is 24.5 Å². The fraction of sp³-hybridized carbons (Fsp3) is 0.400. The lowest BCUT2D eigenvalue weighted by Gasteiger charge is -2.09. The molecule has 0 fully saturated rings. The van der Waals surface area contributed by atoms with Crippen molar-refractivity contribution in [3.63, 3.8) is 0 Å². The molecule has 0 aliphatic rings. The minimum Gasteiger partial charge on any atom is -0.370 e. The van der Waals surface area contributed by atoms with Gasteiger partial charge in [0, 0.05) is 50.2 Å². The zero-order chi connectivity index (χ0) is 15.2. The summed E-state index contributed by atoms with van der Waals surface area (Å²) in [6, 6.07) is 3.56. The van der Waals surface area contributed by atoms with Crippen LogP contribution in [0, 0.1) is 6.92 Å². The quantitative estimate of drug-likeness (QED) is 0.845. The van der Waals surface area contributed by atoms with Crippen LogP contribution < -0.4 is 10.6 Å². The first-order valence-electron chi connectivity index (χ1n) is 7.07. The van der Waals surface area contributed by atoms with Crippen molar-refractivity contribution in [3.8, 4) is 0 Å². The van der Waals surface area contributed by atoms with E-state index in [9.17, 15) is 4.79 Å². The molecule has 6 nitrogen and oxygen atoms in total. The number of pyridine rings is 1. The zero-order valence-corrected chi connectivity index (χ0v) is 12.7. The molecule has 0 aliphatic carbocycles. The molecule has 6 heteroatoms. The van der Waals surface area contributed by atoms with E-state index in [-0.39, 0.29) is 5.91 Å². The number of nitrogens with one attached hydrogen (secondary N) is 2. The molecular weight excluding hydrogens is 266 g/mol. The van der Waals surface area contributed by atoms with E-state index in [2.05, 4.69) is 20.6 Å². The third-order valence-electron chi connectivity index (χ3n) is 3.13. The molecule has 2 N–H and O–H groups in total. The average Bonchev–Trinajstić information content (AvgIpc) is 2.84. The summed E-state index contributed by atoms with van der Waals surface area (Å²) in [5.41, 5.74) is 1.45. The Morgan fingerprint density at radius 3 is 2.86 bits per heavy atom. The number of aromatic nitrogens is 3. The van der Waals surface area contributed by atoms with Crippen LogP contribution in [0.1, 0.15) is 28.8 Å². The normalized spacial score (nSPS) is 10.4. The fourth-order valence-corrected chi connectivity index (χ4v) is 2.10. The molecule has 2 heterocycles. The Kier molecular flexibility index (Phi) is 4.92. The number of anilines is 1. The fourth-order valence-electron chi connectivity index (χ4n) is 2.10. The Bertz CT molecular complexity index is 620. The Morgan fingerprint density at radius 1 is 1.38 bits per heavy atom. The van der Waals surface area contributed by atoms with Crippen LogP contribution in [0.4, 0.5) is 5.82 Å². The van der Waals surface area contributed by atoms with E-state index in [1.807, 2.05) is 31.7 Å². The summed E-state index contributed by atoms with van der Waals surface area (Å²) in [4.78, 5) is 20.7. The predicted molar refractivity (Wildman–Crippen MR) is 82.4 cm³/mol. The lowest BCUT2D eigenvalue weighted by molar-refractivity contribution is 0.0953. The van der Waals surface area contributed by atoms with Gasteiger partial charge in [-0.15, -0.1) is 0 Å². The van der Waals surface area contributed by atoms with E-state index in [1.54, 1.807) is 18.3 Å². The molecule has 0 saturated carbocycles. The van der Waals surface area contributed by atoms with Crippen LogP contribution in [-0.4, -0.2) is 33.5 Å². The first-order valence-corrected chi connectivity index (χ1v) is 7.07. The Balaban J connectivity index is 1.95. The van der Waals surface area contributed by atoms with Gasteiger partial charge in [-0.2, -0.15) is 0 Å². The SMILES string of the molecule is CCNc1cc(C(=O)NCCc2nccn2C)cc(C)n1. The summed E-state index contributed by atoms with van der Waals surface area (Å²) in [5, 5.41) is 6.04. The van der Waals surface area contributed by atoms with Crippen molar-refractivity contribution in [1.29, 1.82) is 0 Å². The van der Waals surface area contributed by atoms with Gasteiger partial charge < -0.3 is 15.2 Å². The number of carbonyl (C=O) groups is 1. The lowest BCUT2D eigenvalue weighted by Crippen LogP contribution is -2.26. The molecule has 2 aromatic heterocycles. The first-order chi connectivity index (χ1) is 10.1. The van der Waals surface area contributed by atoms with Crippen LogP contribution in [0.5, 0.6) is 0 Å². The van der Waals surface area contributed by atoms with Crippen LogP contribution in [-0.2, 0) is 13.5 Å². The van der Waals surface area contributed by atoms with Gasteiger partial charge in [0.1, 0.15) is 11.6 Å². The Labute approximate surface area is 124 Å². The molecule has 0 atom stereocenters. The van der Waals surface area contributed by atoms with E-state index in [1.165, 1.54) is 0 Å². The van der Waals surface area contributed by atoms with Gasteiger partial charge in [-0.1, -0.05) is 0 Å². The van der Waals surface area contributed by atoms with Gasteiger partial charge in [0.05, 0.1) is 0 Å². The molecule has 0 aliphatic heterocycles. The third kappa shape index (κ3) is 4.05. The minimum absolute atomic E-state index is 0.0890. The Morgan fingerprint density at radius 2 is 2.19 bits per heavy atom. The molecule has 21 heavy (non-hydrogen) atoms. The highest BCUT2D eigenvalue weighted by atomic mass is 16.1. The van der Waals surface area contributed by atoms with Crippen molar-refractivity contribution in [2.24, 2.45) is 7.05 Å². The van der Waals surface area contributed by atoms with Crippen molar-refractivity contribution in [2.75, 3.05) is 18.4 Å². The van der Waals surface area contributed by atoms with Crippen molar-refractivity contribution in [2.45, 2.75) is 20.3 Å². The monoisotopic (exact) mass is 287 g/mol. The molecule has 1 amide bonds. The van der Waals surface area contributed by atoms with Gasteiger partial charge in [-0.25, -0.2) is 9.97 Å². The second-order valence-electron chi connectivity index (χ2n) is 4.87. The lowest BCUT2D eigenvalue weighted by atomic mass is 10.2. The number of rotatable bonds is 6. The minimum atomic E-state index is -0.0890. The molecule has 0 radical (unpaired) electrons. The molecular formula is C15H21N5O. The first kappa shape index (κ1) is 15.0. The second-order valence-corrected chi connectivity index (χ2v) is 4.87. The van der Waals surface area contributed by atoms with Crippen molar-refractivity contribution in [1.82, 2.24) is 19.9 Å². The topological polar surface area (TPSA) is 71.8 Å². The van der Waals surface area contributed by atoms with E-state index in [0.717, 1.165) is 23.9 Å². The standard InChI is InChI=1S/C15H21N5O/c1-4-16-13-10-12(9-11(2)19-13)15(21)18-6-5-14-17-7-8-20(14)3/h7-10H,4-6H2,1-3H3,(H,16,19)(H,18,21). The van der Waals surface area contributed by atoms with Crippen LogP contribution in [0.25, 0.3) is 0 Å². The zero-order valence-electron chi connectivity index (χ0n) is 12.7. The molecule has 0 unspecified atom stereocenters. The highest BCUT2D eigenvalue weighted by molar-refractivity contribution is 5.95. The molecule has 112 valence electrons. The summed E-state index contributed by atoms with van der Waals surface area (Å²) in [5.74, 6) is 1.59. The number of amides is 1. The van der Waals surface area contributed by atoms with E-state index >= 15 is 0 Å². The maximum atomic E-state index is 12.2. The highest BCUT2D eigenvalue weighted by Crippen LogP contribution is 2.10. The summed E-state index contributed by atoms with van der Waals surface area (Å²) in [7, 11) is 1.94. The molecule has 0 bridgehead atoms. The number of carbonyl (C=O) groups excluding carboxylic acids is 1. The van der Waals surface area contributed by atoms with Crippen molar-refractivity contribution >= 4 is 11.7 Å². The second kappa shape index (κ2) is 6.88. The van der Waals surface area contributed by atoms with Crippen molar-refractivity contribution in [3.05, 3.63) is 41.6 Å².